The number of benzene rings is 2. The molecular formula is C27H30ClFN4O3. The van der Waals surface area contributed by atoms with E-state index >= 15 is 0 Å². The monoisotopic (exact) mass is 512 g/mol. The van der Waals surface area contributed by atoms with Crippen LogP contribution in [-0.4, -0.2) is 78.3 Å². The number of carbonyl (C=O) groups is 2. The number of rotatable bonds is 8. The van der Waals surface area contributed by atoms with Crippen LogP contribution in [0, 0.1) is 11.7 Å². The predicted molar refractivity (Wildman–Crippen MR) is 135 cm³/mol. The van der Waals surface area contributed by atoms with Crippen molar-refractivity contribution in [1.82, 2.24) is 14.8 Å². The highest BCUT2D eigenvalue weighted by Crippen LogP contribution is 2.36. The van der Waals surface area contributed by atoms with E-state index in [1.54, 1.807) is 29.2 Å². The third-order valence-corrected chi connectivity index (χ3v) is 7.30. The van der Waals surface area contributed by atoms with Gasteiger partial charge in [0.2, 0.25) is 5.91 Å². The Bertz CT molecular complexity index is 1150. The van der Waals surface area contributed by atoms with Gasteiger partial charge in [-0.2, -0.15) is 5.10 Å². The van der Waals surface area contributed by atoms with E-state index in [4.69, 9.17) is 16.3 Å². The minimum absolute atomic E-state index is 0.00792. The maximum atomic E-state index is 14.8. The Hall–Kier alpha value is -2.81. The third-order valence-electron chi connectivity index (χ3n) is 6.97. The Morgan fingerprint density at radius 3 is 2.53 bits per heavy atom. The van der Waals surface area contributed by atoms with Crippen LogP contribution in [0.5, 0.6) is 0 Å². The fourth-order valence-corrected chi connectivity index (χ4v) is 5.01. The summed E-state index contributed by atoms with van der Waals surface area (Å²) in [6.45, 7) is 4.02. The summed E-state index contributed by atoms with van der Waals surface area (Å²) in [5.74, 6) is -0.727. The van der Waals surface area contributed by atoms with Gasteiger partial charge in [-0.05, 0) is 25.0 Å². The summed E-state index contributed by atoms with van der Waals surface area (Å²) in [6.07, 6.45) is 2.05. The van der Waals surface area contributed by atoms with Gasteiger partial charge in [0.25, 0.3) is 5.91 Å². The molecule has 7 nitrogen and oxygen atoms in total. The van der Waals surface area contributed by atoms with E-state index < -0.39 is 11.9 Å². The summed E-state index contributed by atoms with van der Waals surface area (Å²) in [6, 6.07) is 13.1. The number of hydrazone groups is 1. The van der Waals surface area contributed by atoms with Gasteiger partial charge in [-0.1, -0.05) is 48.0 Å². The molecule has 2 aromatic rings. The van der Waals surface area contributed by atoms with Crippen LogP contribution in [-0.2, 0) is 14.3 Å². The number of hydrogen-bond acceptors (Lipinski definition) is 5. The molecule has 1 aliphatic carbocycles. The second kappa shape index (κ2) is 11.1. The first-order valence-corrected chi connectivity index (χ1v) is 12.9. The molecule has 2 fully saturated rings. The molecule has 190 valence electrons. The van der Waals surface area contributed by atoms with Crippen LogP contribution in [0.3, 0.4) is 0 Å². The van der Waals surface area contributed by atoms with Gasteiger partial charge in [-0.15, -0.1) is 0 Å². The fourth-order valence-electron chi connectivity index (χ4n) is 4.76. The molecule has 1 saturated heterocycles. The van der Waals surface area contributed by atoms with Crippen molar-refractivity contribution in [2.75, 3.05) is 45.9 Å². The number of ether oxygens (including phenoxy) is 1. The van der Waals surface area contributed by atoms with E-state index in [0.717, 1.165) is 25.9 Å². The van der Waals surface area contributed by atoms with E-state index in [0.29, 0.717) is 54.6 Å². The molecule has 1 saturated carbocycles. The van der Waals surface area contributed by atoms with Gasteiger partial charge < -0.3 is 9.64 Å². The van der Waals surface area contributed by atoms with Gasteiger partial charge in [0.05, 0.1) is 25.0 Å². The zero-order valence-electron chi connectivity index (χ0n) is 20.1. The van der Waals surface area contributed by atoms with Crippen LogP contribution in [0.15, 0.2) is 53.6 Å². The molecule has 0 N–H and O–H groups in total. The zero-order chi connectivity index (χ0) is 25.1. The molecule has 0 aromatic heterocycles. The second-order valence-corrected chi connectivity index (χ2v) is 9.90. The van der Waals surface area contributed by atoms with Crippen LogP contribution in [0.2, 0.25) is 5.02 Å². The molecule has 1 atom stereocenters. The topological polar surface area (TPSA) is 65.5 Å². The van der Waals surface area contributed by atoms with E-state index in [2.05, 4.69) is 10.0 Å². The lowest BCUT2D eigenvalue weighted by atomic mass is 9.98. The van der Waals surface area contributed by atoms with E-state index in [1.165, 1.54) is 11.1 Å². The number of carbonyl (C=O) groups excluding carboxylic acids is 2. The van der Waals surface area contributed by atoms with Crippen molar-refractivity contribution >= 4 is 29.1 Å². The van der Waals surface area contributed by atoms with Crippen molar-refractivity contribution in [2.24, 2.45) is 11.0 Å². The van der Waals surface area contributed by atoms with Gasteiger partial charge in [0.1, 0.15) is 12.4 Å². The highest BCUT2D eigenvalue weighted by atomic mass is 35.5. The van der Waals surface area contributed by atoms with Crippen molar-refractivity contribution in [3.05, 3.63) is 70.5 Å². The summed E-state index contributed by atoms with van der Waals surface area (Å²) >= 11 is 6.41. The number of morpholine rings is 1. The summed E-state index contributed by atoms with van der Waals surface area (Å²) in [5.41, 5.74) is 1.73. The Labute approximate surface area is 215 Å². The average molecular weight is 513 g/mol. The lowest BCUT2D eigenvalue weighted by molar-refractivity contribution is -0.142. The Kier molecular flexibility index (Phi) is 7.65. The number of amides is 2. The first-order valence-electron chi connectivity index (χ1n) is 12.5. The lowest BCUT2D eigenvalue weighted by Crippen LogP contribution is -2.47. The van der Waals surface area contributed by atoms with Crippen molar-refractivity contribution in [2.45, 2.75) is 25.3 Å². The number of halogens is 2. The molecule has 0 bridgehead atoms. The van der Waals surface area contributed by atoms with Gasteiger partial charge >= 0.3 is 0 Å². The molecule has 36 heavy (non-hydrogen) atoms. The molecule has 9 heteroatoms. The first kappa shape index (κ1) is 24.9. The highest BCUT2D eigenvalue weighted by Gasteiger charge is 2.38. The Balaban J connectivity index is 1.38. The molecule has 3 aliphatic rings. The summed E-state index contributed by atoms with van der Waals surface area (Å²) in [4.78, 5) is 30.6. The number of nitrogens with zero attached hydrogens (tertiary/aromatic N) is 4. The van der Waals surface area contributed by atoms with Gasteiger partial charge in [-0.3, -0.25) is 14.5 Å². The second-order valence-electron chi connectivity index (χ2n) is 9.49. The maximum Gasteiger partial charge on any atom is 0.262 e. The summed E-state index contributed by atoms with van der Waals surface area (Å²) in [5, 5.41) is 6.49. The quantitative estimate of drug-likeness (QED) is 0.540. The fraction of sp³-hybridized carbons (Fsp3) is 0.444. The minimum atomic E-state index is -0.609. The SMILES string of the molecule is O=C(C1CC1)N(CCN1CCOCC1)CC(=O)N1N=C(c2ccccc2Cl)C[C@H]1c1ccccc1F. The molecule has 0 spiro atoms. The molecule has 0 radical (unpaired) electrons. The van der Waals surface area contributed by atoms with Crippen LogP contribution in [0.1, 0.15) is 36.4 Å². The van der Waals surface area contributed by atoms with Gasteiger partial charge in [-0.25, -0.2) is 9.40 Å². The molecule has 2 amide bonds. The normalized spacial score (nSPS) is 20.3. The summed E-state index contributed by atoms with van der Waals surface area (Å²) < 4.78 is 20.2. The maximum absolute atomic E-state index is 14.8. The van der Waals surface area contributed by atoms with E-state index in [9.17, 15) is 14.0 Å². The van der Waals surface area contributed by atoms with Crippen LogP contribution in [0.4, 0.5) is 4.39 Å². The molecular weight excluding hydrogens is 483 g/mol. The van der Waals surface area contributed by atoms with Crippen molar-refractivity contribution in [3.63, 3.8) is 0 Å². The van der Waals surface area contributed by atoms with Crippen molar-refractivity contribution in [1.29, 1.82) is 0 Å². The molecule has 0 unspecified atom stereocenters. The minimum Gasteiger partial charge on any atom is -0.379 e. The van der Waals surface area contributed by atoms with E-state index in [1.807, 2.05) is 18.2 Å². The van der Waals surface area contributed by atoms with Crippen LogP contribution in [0.25, 0.3) is 0 Å². The Morgan fingerprint density at radius 2 is 1.81 bits per heavy atom. The van der Waals surface area contributed by atoms with Crippen LogP contribution >= 0.6 is 11.6 Å². The van der Waals surface area contributed by atoms with E-state index in [-0.39, 0.29) is 24.3 Å². The zero-order valence-corrected chi connectivity index (χ0v) is 20.9. The standard InChI is InChI=1S/C27H30ClFN4O3/c28-22-7-3-1-5-20(22)24-17-25(21-6-2-4-8-23(21)29)33(30-24)26(34)18-32(27(35)19-9-10-19)12-11-31-13-15-36-16-14-31/h1-8,19,25H,9-18H2/t25-/m0/s1. The lowest BCUT2D eigenvalue weighted by Gasteiger charge is -2.31. The predicted octanol–water partition coefficient (Wildman–Crippen LogP) is 3.73. The smallest absolute Gasteiger partial charge is 0.262 e. The molecule has 2 aliphatic heterocycles. The molecule has 2 aromatic carbocycles. The Morgan fingerprint density at radius 1 is 1.08 bits per heavy atom. The number of hydrogen-bond donors (Lipinski definition) is 0. The molecule has 5 rings (SSSR count). The van der Waals surface area contributed by atoms with Gasteiger partial charge in [0, 0.05) is 54.7 Å². The highest BCUT2D eigenvalue weighted by molar-refractivity contribution is 6.34. The molecule has 2 heterocycles. The van der Waals surface area contributed by atoms with Crippen molar-refractivity contribution < 1.29 is 18.7 Å². The van der Waals surface area contributed by atoms with Crippen LogP contribution < -0.4 is 0 Å². The average Bonchev–Trinajstić information content (AvgIpc) is 3.66. The van der Waals surface area contributed by atoms with Gasteiger partial charge in [0.15, 0.2) is 0 Å². The largest absolute Gasteiger partial charge is 0.379 e. The first-order chi connectivity index (χ1) is 17.5. The van der Waals surface area contributed by atoms with Crippen molar-refractivity contribution in [3.8, 4) is 0 Å². The summed E-state index contributed by atoms with van der Waals surface area (Å²) in [7, 11) is 0. The third kappa shape index (κ3) is 5.61.